The summed E-state index contributed by atoms with van der Waals surface area (Å²) in [6, 6.07) is 7.94. The van der Waals surface area contributed by atoms with Crippen LogP contribution in [0.25, 0.3) is 11.0 Å². The van der Waals surface area contributed by atoms with Crippen LogP contribution in [0.1, 0.15) is 19.2 Å². The second kappa shape index (κ2) is 8.48. The number of aromatic amines is 1. The Balaban J connectivity index is 1.59. The summed E-state index contributed by atoms with van der Waals surface area (Å²) < 4.78 is 1.64. The number of anilines is 1. The van der Waals surface area contributed by atoms with E-state index in [9.17, 15) is 0 Å². The van der Waals surface area contributed by atoms with Gasteiger partial charge >= 0.3 is 0 Å². The van der Waals surface area contributed by atoms with Crippen LogP contribution in [0.3, 0.4) is 0 Å². The van der Waals surface area contributed by atoms with Gasteiger partial charge in [0.1, 0.15) is 19.5 Å². The molecule has 0 saturated carbocycles. The summed E-state index contributed by atoms with van der Waals surface area (Å²) >= 11 is 0. The number of hydrogen-bond acceptors (Lipinski definition) is 7. The first kappa shape index (κ1) is 19.2. The van der Waals surface area contributed by atoms with Gasteiger partial charge in [0.2, 0.25) is 5.96 Å². The summed E-state index contributed by atoms with van der Waals surface area (Å²) in [5, 5.41) is 10.8. The second-order valence-electron chi connectivity index (χ2n) is 7.19. The lowest BCUT2D eigenvalue weighted by Gasteiger charge is -2.19. The van der Waals surface area contributed by atoms with E-state index in [1.54, 1.807) is 17.2 Å². The third-order valence-electron chi connectivity index (χ3n) is 4.99. The molecule has 0 aliphatic carbocycles. The minimum atomic E-state index is 0.0223. The normalized spacial score (nSPS) is 20.3. The Morgan fingerprint density at radius 1 is 1.34 bits per heavy atom. The summed E-state index contributed by atoms with van der Waals surface area (Å²) in [6.07, 6.45) is 3.97. The Morgan fingerprint density at radius 2 is 2.21 bits per heavy atom. The molecule has 0 bridgehead atoms. The molecular weight excluding hydrogens is 365 g/mol. The fraction of sp³-hybridized carbons (Fsp3) is 0.368. The zero-order chi connectivity index (χ0) is 20.2. The molecule has 29 heavy (non-hydrogen) atoms. The number of aromatic nitrogens is 4. The van der Waals surface area contributed by atoms with E-state index in [1.807, 2.05) is 24.3 Å². The number of nitrogens with two attached hydrogens (primary N) is 1. The highest BCUT2D eigenvalue weighted by molar-refractivity contribution is 6.36. The van der Waals surface area contributed by atoms with Crippen molar-refractivity contribution >= 4 is 42.5 Å². The minimum absolute atomic E-state index is 0.0223. The molecule has 5 N–H and O–H groups in total. The summed E-state index contributed by atoms with van der Waals surface area (Å²) in [5.74, 6) is 2.25. The Hall–Kier alpha value is -3.14. The molecule has 2 radical (unpaired) electrons. The highest BCUT2D eigenvalue weighted by Crippen LogP contribution is 2.11. The van der Waals surface area contributed by atoms with Gasteiger partial charge in [-0.05, 0) is 29.9 Å². The summed E-state index contributed by atoms with van der Waals surface area (Å²) in [6.45, 7) is 3.76. The van der Waals surface area contributed by atoms with Crippen molar-refractivity contribution in [1.82, 2.24) is 25.1 Å². The van der Waals surface area contributed by atoms with Crippen LogP contribution in [0, 0.1) is 5.92 Å². The number of nitrogens with one attached hydrogen (secondary N) is 3. The molecule has 0 saturated heterocycles. The van der Waals surface area contributed by atoms with E-state index in [0.717, 1.165) is 23.3 Å². The third-order valence-corrected chi connectivity index (χ3v) is 4.99. The Morgan fingerprint density at radius 3 is 3.07 bits per heavy atom. The van der Waals surface area contributed by atoms with Gasteiger partial charge in [0, 0.05) is 25.3 Å². The molecule has 0 fully saturated rings. The van der Waals surface area contributed by atoms with E-state index < -0.39 is 0 Å². The first-order chi connectivity index (χ1) is 14.1. The van der Waals surface area contributed by atoms with Crippen LogP contribution in [0.5, 0.6) is 0 Å². The van der Waals surface area contributed by atoms with E-state index in [1.165, 1.54) is 0 Å². The molecule has 1 aliphatic heterocycles. The van der Waals surface area contributed by atoms with Crippen LogP contribution in [-0.2, 0) is 6.54 Å². The zero-order valence-electron chi connectivity index (χ0n) is 16.3. The molecule has 1 aliphatic rings. The SMILES string of the molecule is [B]c1cnn2c1NC=NCC(C)[C@@H](N)CCN=C2NCc1nc2ccccc2[nH]1. The zero-order valence-corrected chi connectivity index (χ0v) is 16.3. The number of para-hydroxylation sites is 2. The highest BCUT2D eigenvalue weighted by atomic mass is 15.4. The molecule has 2 aromatic heterocycles. The summed E-state index contributed by atoms with van der Waals surface area (Å²) in [4.78, 5) is 17.0. The lowest BCUT2D eigenvalue weighted by Crippen LogP contribution is -2.35. The second-order valence-corrected chi connectivity index (χ2v) is 7.19. The molecule has 1 aromatic carbocycles. The van der Waals surface area contributed by atoms with Gasteiger partial charge in [0.25, 0.3) is 0 Å². The number of nitrogens with zero attached hydrogens (tertiary/aromatic N) is 5. The van der Waals surface area contributed by atoms with Gasteiger partial charge in [0.15, 0.2) is 0 Å². The van der Waals surface area contributed by atoms with Gasteiger partial charge in [-0.3, -0.25) is 9.98 Å². The van der Waals surface area contributed by atoms with E-state index >= 15 is 0 Å². The average molecular weight is 389 g/mol. The van der Waals surface area contributed by atoms with E-state index in [2.05, 4.69) is 37.6 Å². The maximum atomic E-state index is 6.27. The predicted octanol–water partition coefficient (Wildman–Crippen LogP) is 0.354. The lowest BCUT2D eigenvalue weighted by atomic mass is 10.00. The van der Waals surface area contributed by atoms with Gasteiger partial charge in [-0.15, -0.1) is 0 Å². The van der Waals surface area contributed by atoms with Crippen LogP contribution in [0.4, 0.5) is 5.82 Å². The van der Waals surface area contributed by atoms with Gasteiger partial charge in [0.05, 0.1) is 23.9 Å². The Labute approximate surface area is 170 Å². The molecule has 0 amide bonds. The fourth-order valence-corrected chi connectivity index (χ4v) is 3.18. The van der Waals surface area contributed by atoms with Crippen molar-refractivity contribution in [2.24, 2.45) is 21.6 Å². The van der Waals surface area contributed by atoms with Crippen LogP contribution in [-0.4, -0.2) is 59.0 Å². The number of rotatable bonds is 2. The maximum absolute atomic E-state index is 6.27. The van der Waals surface area contributed by atoms with Crippen molar-refractivity contribution in [1.29, 1.82) is 0 Å². The van der Waals surface area contributed by atoms with Crippen LogP contribution < -0.4 is 21.8 Å². The molecule has 1 unspecified atom stereocenters. The lowest BCUT2D eigenvalue weighted by molar-refractivity contribution is 0.445. The van der Waals surface area contributed by atoms with E-state index in [-0.39, 0.29) is 12.0 Å². The van der Waals surface area contributed by atoms with Crippen molar-refractivity contribution in [2.45, 2.75) is 25.9 Å². The Kier molecular flexibility index (Phi) is 5.61. The number of imidazole rings is 1. The van der Waals surface area contributed by atoms with Crippen LogP contribution in [0.15, 0.2) is 40.4 Å². The minimum Gasteiger partial charge on any atom is -0.347 e. The number of benzene rings is 1. The fourth-order valence-electron chi connectivity index (χ4n) is 3.18. The third kappa shape index (κ3) is 4.32. The van der Waals surface area contributed by atoms with E-state index in [4.69, 9.17) is 18.6 Å². The van der Waals surface area contributed by atoms with Crippen LogP contribution in [0.2, 0.25) is 0 Å². The first-order valence-corrected chi connectivity index (χ1v) is 9.68. The van der Waals surface area contributed by atoms with Crippen molar-refractivity contribution in [3.8, 4) is 0 Å². The monoisotopic (exact) mass is 389 g/mol. The van der Waals surface area contributed by atoms with Gasteiger partial charge in [-0.25, -0.2) is 4.98 Å². The molecule has 2 atom stereocenters. The van der Waals surface area contributed by atoms with Crippen LogP contribution >= 0.6 is 0 Å². The molecule has 9 nitrogen and oxygen atoms in total. The number of fused-ring (bicyclic) bond motifs is 2. The van der Waals surface area contributed by atoms with E-state index in [0.29, 0.717) is 36.9 Å². The molecule has 0 spiro atoms. The molecular formula is C19H24BN9. The number of hydrogen-bond donors (Lipinski definition) is 4. The summed E-state index contributed by atoms with van der Waals surface area (Å²) in [7, 11) is 6.08. The maximum Gasteiger partial charge on any atom is 0.221 e. The molecule has 4 rings (SSSR count). The number of H-pyrrole nitrogens is 1. The summed E-state index contributed by atoms with van der Waals surface area (Å²) in [5.41, 5.74) is 8.70. The quantitative estimate of drug-likeness (QED) is 0.472. The largest absolute Gasteiger partial charge is 0.347 e. The van der Waals surface area contributed by atoms with Gasteiger partial charge in [-0.2, -0.15) is 9.78 Å². The molecule has 10 heteroatoms. The standard InChI is InChI=1S/C19H24BN9/c1-12-8-22-11-25-18-13(20)9-26-29(18)19(23-7-6-14(12)21)24-10-17-27-15-4-2-3-5-16(15)28-17/h2-5,9,11-12,14H,6-8,10,21H2,1H3,(H,22,25)(H,23,24)(H,27,28)/t12?,14-/m0/s1. The average Bonchev–Trinajstić information content (AvgIpc) is 3.29. The van der Waals surface area contributed by atoms with Crippen molar-refractivity contribution < 1.29 is 0 Å². The molecule has 3 aromatic rings. The van der Waals surface area contributed by atoms with Crippen molar-refractivity contribution in [3.63, 3.8) is 0 Å². The molecule has 148 valence electrons. The Bertz CT molecular complexity index is 1000. The highest BCUT2D eigenvalue weighted by Gasteiger charge is 2.16. The topological polar surface area (TPSA) is 121 Å². The van der Waals surface area contributed by atoms with Gasteiger partial charge < -0.3 is 21.4 Å². The smallest absolute Gasteiger partial charge is 0.221 e. The van der Waals surface area contributed by atoms with Crippen molar-refractivity contribution in [3.05, 3.63) is 36.3 Å². The first-order valence-electron chi connectivity index (χ1n) is 9.68. The predicted molar refractivity (Wildman–Crippen MR) is 117 cm³/mol. The number of aliphatic imine (C=N–C) groups is 2. The molecule has 3 heterocycles. The van der Waals surface area contributed by atoms with Gasteiger partial charge in [-0.1, -0.05) is 19.1 Å². The van der Waals surface area contributed by atoms with Crippen molar-refractivity contribution in [2.75, 3.05) is 18.4 Å².